The molecule has 0 amide bonds. The molecule has 0 fully saturated rings. The molecule has 1 nitrogen and oxygen atoms in total. The summed E-state index contributed by atoms with van der Waals surface area (Å²) in [5.41, 5.74) is 2.62. The summed E-state index contributed by atoms with van der Waals surface area (Å²) in [7, 11) is 1.71. The fraction of sp³-hybridized carbons (Fsp3) is 0.467. The van der Waals surface area contributed by atoms with Crippen molar-refractivity contribution in [3.05, 3.63) is 29.8 Å². The van der Waals surface area contributed by atoms with E-state index < -0.39 is 0 Å². The van der Waals surface area contributed by atoms with Crippen molar-refractivity contribution in [1.29, 1.82) is 0 Å². The van der Waals surface area contributed by atoms with E-state index in [2.05, 4.69) is 40.3 Å². The zero-order chi connectivity index (χ0) is 13.1. The summed E-state index contributed by atoms with van der Waals surface area (Å²) in [6.07, 6.45) is 1.89. The molecule has 0 bridgehead atoms. The fourth-order valence-corrected chi connectivity index (χ4v) is 3.00. The van der Waals surface area contributed by atoms with E-state index in [-0.39, 0.29) is 5.41 Å². The highest BCUT2D eigenvalue weighted by molar-refractivity contribution is 7.99. The second kappa shape index (κ2) is 5.63. The van der Waals surface area contributed by atoms with Gasteiger partial charge < -0.3 is 4.74 Å². The van der Waals surface area contributed by atoms with Crippen molar-refractivity contribution in [1.82, 2.24) is 0 Å². The van der Waals surface area contributed by atoms with Crippen LogP contribution in [-0.4, -0.2) is 12.9 Å². The fourth-order valence-electron chi connectivity index (χ4n) is 1.84. The Morgan fingerprint density at radius 2 is 2.00 bits per heavy atom. The van der Waals surface area contributed by atoms with Gasteiger partial charge in [0.15, 0.2) is 0 Å². The normalized spacial score (nSPS) is 11.4. The predicted octanol–water partition coefficient (Wildman–Crippen LogP) is 4.75. The minimum Gasteiger partial charge on any atom is -0.496 e. The Labute approximate surface area is 109 Å². The van der Waals surface area contributed by atoms with Crippen LogP contribution in [0.25, 0.3) is 6.08 Å². The summed E-state index contributed by atoms with van der Waals surface area (Å²) in [5.74, 6) is 1.96. The third kappa shape index (κ3) is 3.06. The van der Waals surface area contributed by atoms with Crippen LogP contribution in [0.5, 0.6) is 5.75 Å². The standard InChI is InChI=1S/C15H22OS/c1-7-11-13(16-6)10-9-12(15(3,4)5)14(11)17-8-2/h7,9-10H,1,8H2,2-6H3. The molecule has 1 aromatic rings. The van der Waals surface area contributed by atoms with E-state index in [4.69, 9.17) is 4.74 Å². The molecule has 17 heavy (non-hydrogen) atoms. The van der Waals surface area contributed by atoms with Gasteiger partial charge in [0.05, 0.1) is 7.11 Å². The summed E-state index contributed by atoms with van der Waals surface area (Å²) >= 11 is 1.86. The van der Waals surface area contributed by atoms with E-state index in [9.17, 15) is 0 Å². The van der Waals surface area contributed by atoms with Gasteiger partial charge in [-0.1, -0.05) is 46.4 Å². The molecule has 0 atom stereocenters. The molecule has 0 saturated heterocycles. The van der Waals surface area contributed by atoms with Crippen LogP contribution in [0.2, 0.25) is 0 Å². The largest absolute Gasteiger partial charge is 0.496 e. The van der Waals surface area contributed by atoms with E-state index >= 15 is 0 Å². The van der Waals surface area contributed by atoms with Crippen molar-refractivity contribution in [2.24, 2.45) is 0 Å². The Bertz CT molecular complexity index is 402. The van der Waals surface area contributed by atoms with Gasteiger partial charge in [-0.2, -0.15) is 0 Å². The molecule has 0 radical (unpaired) electrons. The quantitative estimate of drug-likeness (QED) is 0.713. The van der Waals surface area contributed by atoms with E-state index in [1.165, 1.54) is 10.5 Å². The summed E-state index contributed by atoms with van der Waals surface area (Å²) < 4.78 is 5.41. The second-order valence-corrected chi connectivity index (χ2v) is 6.22. The average Bonchev–Trinajstić information content (AvgIpc) is 2.27. The molecule has 2 heteroatoms. The van der Waals surface area contributed by atoms with E-state index in [0.29, 0.717) is 0 Å². The maximum atomic E-state index is 5.41. The van der Waals surface area contributed by atoms with Gasteiger partial charge in [0.25, 0.3) is 0 Å². The van der Waals surface area contributed by atoms with Crippen LogP contribution in [0.15, 0.2) is 23.6 Å². The van der Waals surface area contributed by atoms with E-state index in [1.54, 1.807) is 7.11 Å². The smallest absolute Gasteiger partial charge is 0.127 e. The number of hydrogen-bond acceptors (Lipinski definition) is 2. The Hall–Kier alpha value is -0.890. The number of ether oxygens (including phenoxy) is 1. The predicted molar refractivity (Wildman–Crippen MR) is 78.2 cm³/mol. The highest BCUT2D eigenvalue weighted by Gasteiger charge is 2.21. The van der Waals surface area contributed by atoms with E-state index in [1.807, 2.05) is 23.9 Å². The van der Waals surface area contributed by atoms with Crippen molar-refractivity contribution < 1.29 is 4.74 Å². The molecule has 1 aromatic carbocycles. The number of thioether (sulfide) groups is 1. The van der Waals surface area contributed by atoms with Crippen molar-refractivity contribution >= 4 is 17.8 Å². The van der Waals surface area contributed by atoms with Crippen molar-refractivity contribution in [3.8, 4) is 5.75 Å². The Balaban J connectivity index is 3.47. The second-order valence-electron chi connectivity index (χ2n) is 4.95. The maximum Gasteiger partial charge on any atom is 0.127 e. The van der Waals surface area contributed by atoms with E-state index in [0.717, 1.165) is 17.1 Å². The Morgan fingerprint density at radius 3 is 2.41 bits per heavy atom. The van der Waals surface area contributed by atoms with Crippen LogP contribution in [0.1, 0.15) is 38.8 Å². The number of benzene rings is 1. The molecule has 94 valence electrons. The zero-order valence-electron chi connectivity index (χ0n) is 11.5. The maximum absolute atomic E-state index is 5.41. The van der Waals surface area contributed by atoms with Crippen LogP contribution >= 0.6 is 11.8 Å². The van der Waals surface area contributed by atoms with Gasteiger partial charge in [0, 0.05) is 10.5 Å². The first-order valence-corrected chi connectivity index (χ1v) is 6.91. The van der Waals surface area contributed by atoms with Crippen molar-refractivity contribution in [3.63, 3.8) is 0 Å². The van der Waals surface area contributed by atoms with Crippen LogP contribution in [0, 0.1) is 0 Å². The molecular weight excluding hydrogens is 228 g/mol. The highest BCUT2D eigenvalue weighted by atomic mass is 32.2. The third-order valence-corrected chi connectivity index (χ3v) is 3.69. The third-order valence-electron chi connectivity index (χ3n) is 2.68. The average molecular weight is 250 g/mol. The lowest BCUT2D eigenvalue weighted by molar-refractivity contribution is 0.411. The lowest BCUT2D eigenvalue weighted by atomic mass is 9.86. The first-order chi connectivity index (χ1) is 7.95. The van der Waals surface area contributed by atoms with Crippen LogP contribution < -0.4 is 4.74 Å². The number of hydrogen-bond donors (Lipinski definition) is 0. The van der Waals surface area contributed by atoms with Gasteiger partial charge >= 0.3 is 0 Å². The summed E-state index contributed by atoms with van der Waals surface area (Å²) in [5, 5.41) is 0. The van der Waals surface area contributed by atoms with Gasteiger partial charge in [-0.3, -0.25) is 0 Å². The Morgan fingerprint density at radius 1 is 1.35 bits per heavy atom. The SMILES string of the molecule is C=Cc1c(OC)ccc(C(C)(C)C)c1SCC. The zero-order valence-corrected chi connectivity index (χ0v) is 12.3. The Kier molecular flexibility index (Phi) is 4.70. The summed E-state index contributed by atoms with van der Waals surface area (Å²) in [6, 6.07) is 4.21. The van der Waals surface area contributed by atoms with Crippen molar-refractivity contribution in [2.45, 2.75) is 38.0 Å². The molecule has 0 aliphatic heterocycles. The minimum absolute atomic E-state index is 0.140. The molecule has 0 unspecified atom stereocenters. The van der Waals surface area contributed by atoms with Crippen molar-refractivity contribution in [2.75, 3.05) is 12.9 Å². The monoisotopic (exact) mass is 250 g/mol. The molecular formula is C15H22OS. The summed E-state index contributed by atoms with van der Waals surface area (Å²) in [4.78, 5) is 1.30. The molecule has 0 heterocycles. The lowest BCUT2D eigenvalue weighted by Crippen LogP contribution is -2.13. The number of rotatable bonds is 4. The van der Waals surface area contributed by atoms with Gasteiger partial charge in [-0.25, -0.2) is 0 Å². The topological polar surface area (TPSA) is 9.23 Å². The lowest BCUT2D eigenvalue weighted by Gasteiger charge is -2.25. The van der Waals surface area contributed by atoms with Crippen LogP contribution in [0.3, 0.4) is 0 Å². The molecule has 0 aliphatic rings. The molecule has 0 aliphatic carbocycles. The molecule has 0 saturated carbocycles. The first-order valence-electron chi connectivity index (χ1n) is 5.92. The first kappa shape index (κ1) is 14.2. The van der Waals surface area contributed by atoms with Gasteiger partial charge in [-0.15, -0.1) is 11.8 Å². The van der Waals surface area contributed by atoms with Gasteiger partial charge in [0.1, 0.15) is 5.75 Å². The highest BCUT2D eigenvalue weighted by Crippen LogP contribution is 2.39. The van der Waals surface area contributed by atoms with Gasteiger partial charge in [0.2, 0.25) is 0 Å². The van der Waals surface area contributed by atoms with Crippen LogP contribution in [-0.2, 0) is 5.41 Å². The molecule has 1 rings (SSSR count). The molecule has 0 spiro atoms. The summed E-state index contributed by atoms with van der Waals surface area (Å²) in [6.45, 7) is 12.8. The number of methoxy groups -OCH3 is 1. The minimum atomic E-state index is 0.140. The van der Waals surface area contributed by atoms with Crippen LogP contribution in [0.4, 0.5) is 0 Å². The van der Waals surface area contributed by atoms with Gasteiger partial charge in [-0.05, 0) is 22.8 Å². The molecule has 0 aromatic heterocycles. The molecule has 0 N–H and O–H groups in total.